The summed E-state index contributed by atoms with van der Waals surface area (Å²) in [5.41, 5.74) is 0. The number of benzene rings is 1. The molecule has 1 aromatic carbocycles. The summed E-state index contributed by atoms with van der Waals surface area (Å²) in [4.78, 5) is 0.206. The molecule has 17 heavy (non-hydrogen) atoms. The van der Waals surface area contributed by atoms with Gasteiger partial charge in [0, 0.05) is 17.1 Å². The van der Waals surface area contributed by atoms with Crippen molar-refractivity contribution in [3.05, 3.63) is 28.7 Å². The Bertz CT molecular complexity index is 475. The van der Waals surface area contributed by atoms with Crippen LogP contribution in [-0.2, 0) is 10.0 Å². The molecule has 0 heterocycles. The number of aliphatic hydroxyl groups excluding tert-OH is 1. The molecule has 0 aliphatic rings. The predicted molar refractivity (Wildman–Crippen MR) is 70.2 cm³/mol. The molecule has 0 spiro atoms. The summed E-state index contributed by atoms with van der Waals surface area (Å²) in [6.07, 6.45) is 0. The Morgan fingerprint density at radius 2 is 1.94 bits per heavy atom. The van der Waals surface area contributed by atoms with E-state index in [0.29, 0.717) is 4.47 Å². The molecule has 4 nitrogen and oxygen atoms in total. The van der Waals surface area contributed by atoms with Crippen LogP contribution in [0.4, 0.5) is 0 Å². The van der Waals surface area contributed by atoms with Crippen LogP contribution in [0.15, 0.2) is 33.6 Å². The maximum Gasteiger partial charge on any atom is 0.241 e. The van der Waals surface area contributed by atoms with Crippen LogP contribution in [0.2, 0.25) is 0 Å². The van der Waals surface area contributed by atoms with E-state index in [4.69, 9.17) is 5.11 Å². The molecule has 0 saturated heterocycles. The maximum absolute atomic E-state index is 12.1. The van der Waals surface area contributed by atoms with Crippen LogP contribution in [-0.4, -0.2) is 26.2 Å². The minimum absolute atomic E-state index is 0.0559. The lowest BCUT2D eigenvalue weighted by atomic mass is 10.1. The molecule has 2 N–H and O–H groups in total. The van der Waals surface area contributed by atoms with Crippen LogP contribution < -0.4 is 4.72 Å². The number of aliphatic hydroxyl groups is 1. The second-order valence-electron chi connectivity index (χ2n) is 4.00. The van der Waals surface area contributed by atoms with Crippen molar-refractivity contribution < 1.29 is 13.5 Å². The summed E-state index contributed by atoms with van der Waals surface area (Å²) >= 11 is 3.21. The Balaban J connectivity index is 2.94. The number of nitrogens with one attached hydrogen (secondary N) is 1. The molecule has 0 saturated carbocycles. The molecular formula is C11H16BrNO3S. The van der Waals surface area contributed by atoms with Crippen LogP contribution in [0.25, 0.3) is 0 Å². The van der Waals surface area contributed by atoms with Gasteiger partial charge in [-0.2, -0.15) is 0 Å². The number of halogens is 1. The van der Waals surface area contributed by atoms with Crippen molar-refractivity contribution >= 4 is 26.0 Å². The van der Waals surface area contributed by atoms with Crippen LogP contribution in [0, 0.1) is 5.92 Å². The minimum Gasteiger partial charge on any atom is -0.396 e. The first-order chi connectivity index (χ1) is 7.88. The third-order valence-electron chi connectivity index (χ3n) is 2.61. The summed E-state index contributed by atoms with van der Waals surface area (Å²) < 4.78 is 27.2. The lowest BCUT2D eigenvalue weighted by Crippen LogP contribution is -2.38. The van der Waals surface area contributed by atoms with E-state index in [0.717, 1.165) is 0 Å². The van der Waals surface area contributed by atoms with Gasteiger partial charge in [-0.3, -0.25) is 0 Å². The summed E-state index contributed by atoms with van der Waals surface area (Å²) in [7, 11) is -3.55. The van der Waals surface area contributed by atoms with E-state index < -0.39 is 10.0 Å². The van der Waals surface area contributed by atoms with Crippen molar-refractivity contribution in [1.29, 1.82) is 0 Å². The second-order valence-corrected chi connectivity index (χ2v) is 6.54. The Morgan fingerprint density at radius 1 is 1.35 bits per heavy atom. The van der Waals surface area contributed by atoms with E-state index in [1.807, 2.05) is 0 Å². The van der Waals surface area contributed by atoms with Crippen LogP contribution >= 0.6 is 15.9 Å². The average Bonchev–Trinajstić information content (AvgIpc) is 2.27. The quantitative estimate of drug-likeness (QED) is 0.868. The number of sulfonamides is 1. The van der Waals surface area contributed by atoms with Gasteiger partial charge in [-0.15, -0.1) is 0 Å². The van der Waals surface area contributed by atoms with Gasteiger partial charge in [0.05, 0.1) is 4.90 Å². The van der Waals surface area contributed by atoms with Gasteiger partial charge in [0.25, 0.3) is 0 Å². The van der Waals surface area contributed by atoms with Gasteiger partial charge in [0.2, 0.25) is 10.0 Å². The maximum atomic E-state index is 12.1. The van der Waals surface area contributed by atoms with Crippen molar-refractivity contribution in [2.24, 2.45) is 5.92 Å². The highest BCUT2D eigenvalue weighted by Gasteiger charge is 2.22. The second kappa shape index (κ2) is 5.95. The van der Waals surface area contributed by atoms with E-state index in [2.05, 4.69) is 20.7 Å². The highest BCUT2D eigenvalue weighted by atomic mass is 79.9. The van der Waals surface area contributed by atoms with Gasteiger partial charge in [0.15, 0.2) is 0 Å². The standard InChI is InChI=1S/C11H16BrNO3S/c1-8(7-14)9(2)13-17(15,16)11-6-4-3-5-10(11)12/h3-6,8-9,13-14H,7H2,1-2H3. The molecule has 0 fully saturated rings. The van der Waals surface area contributed by atoms with Crippen molar-refractivity contribution in [1.82, 2.24) is 4.72 Å². The molecule has 0 amide bonds. The molecule has 0 radical (unpaired) electrons. The summed E-state index contributed by atoms with van der Waals surface area (Å²) in [5, 5.41) is 8.98. The zero-order valence-electron chi connectivity index (χ0n) is 9.72. The SMILES string of the molecule is CC(CO)C(C)NS(=O)(=O)c1ccccc1Br. The molecule has 0 aliphatic heterocycles. The molecular weight excluding hydrogens is 306 g/mol. The first-order valence-electron chi connectivity index (χ1n) is 5.26. The van der Waals surface area contributed by atoms with Crippen LogP contribution in [0.1, 0.15) is 13.8 Å². The Kier molecular flexibility index (Phi) is 5.12. The van der Waals surface area contributed by atoms with E-state index >= 15 is 0 Å². The van der Waals surface area contributed by atoms with Gasteiger partial charge in [-0.1, -0.05) is 19.1 Å². The molecule has 1 rings (SSSR count). The van der Waals surface area contributed by atoms with Crippen molar-refractivity contribution in [2.45, 2.75) is 24.8 Å². The van der Waals surface area contributed by atoms with Crippen molar-refractivity contribution in [2.75, 3.05) is 6.61 Å². The molecule has 0 aliphatic carbocycles. The van der Waals surface area contributed by atoms with Gasteiger partial charge < -0.3 is 5.11 Å². The molecule has 2 atom stereocenters. The molecule has 2 unspecified atom stereocenters. The molecule has 0 bridgehead atoms. The summed E-state index contributed by atoms with van der Waals surface area (Å²) in [6, 6.07) is 6.30. The van der Waals surface area contributed by atoms with E-state index in [9.17, 15) is 8.42 Å². The molecule has 1 aromatic rings. The zero-order chi connectivity index (χ0) is 13.1. The van der Waals surface area contributed by atoms with Gasteiger partial charge in [0.1, 0.15) is 0 Å². The summed E-state index contributed by atoms with van der Waals surface area (Å²) in [5.74, 6) is -0.132. The zero-order valence-corrected chi connectivity index (χ0v) is 12.1. The number of rotatable bonds is 5. The first kappa shape index (κ1) is 14.6. The Labute approximate surface area is 110 Å². The largest absolute Gasteiger partial charge is 0.396 e. The lowest BCUT2D eigenvalue weighted by Gasteiger charge is -2.19. The van der Waals surface area contributed by atoms with Gasteiger partial charge >= 0.3 is 0 Å². The highest BCUT2D eigenvalue weighted by molar-refractivity contribution is 9.10. The molecule has 6 heteroatoms. The average molecular weight is 322 g/mol. The first-order valence-corrected chi connectivity index (χ1v) is 7.54. The van der Waals surface area contributed by atoms with Gasteiger partial charge in [-0.25, -0.2) is 13.1 Å². The monoisotopic (exact) mass is 321 g/mol. The van der Waals surface area contributed by atoms with Crippen LogP contribution in [0.3, 0.4) is 0 Å². The normalized spacial score (nSPS) is 15.5. The summed E-state index contributed by atoms with van der Waals surface area (Å²) in [6.45, 7) is 3.46. The van der Waals surface area contributed by atoms with E-state index in [-0.39, 0.29) is 23.5 Å². The number of hydrogen-bond acceptors (Lipinski definition) is 3. The minimum atomic E-state index is -3.55. The third kappa shape index (κ3) is 3.77. The Morgan fingerprint density at radius 3 is 2.47 bits per heavy atom. The fourth-order valence-corrected chi connectivity index (χ4v) is 3.60. The van der Waals surface area contributed by atoms with Gasteiger partial charge in [-0.05, 0) is 40.9 Å². The lowest BCUT2D eigenvalue weighted by molar-refractivity contribution is 0.216. The van der Waals surface area contributed by atoms with E-state index in [1.54, 1.807) is 32.0 Å². The van der Waals surface area contributed by atoms with E-state index in [1.165, 1.54) is 6.07 Å². The Hall–Kier alpha value is -0.430. The molecule has 96 valence electrons. The highest BCUT2D eigenvalue weighted by Crippen LogP contribution is 2.21. The fraction of sp³-hybridized carbons (Fsp3) is 0.455. The van der Waals surface area contributed by atoms with Crippen molar-refractivity contribution in [3.63, 3.8) is 0 Å². The number of hydrogen-bond donors (Lipinski definition) is 2. The smallest absolute Gasteiger partial charge is 0.241 e. The topological polar surface area (TPSA) is 66.4 Å². The van der Waals surface area contributed by atoms with Crippen molar-refractivity contribution in [3.8, 4) is 0 Å². The third-order valence-corrected chi connectivity index (χ3v) is 5.18. The van der Waals surface area contributed by atoms with Crippen LogP contribution in [0.5, 0.6) is 0 Å². The predicted octanol–water partition coefficient (Wildman–Crippen LogP) is 1.74. The fourth-order valence-electron chi connectivity index (χ4n) is 1.25. The molecule has 0 aromatic heterocycles.